The molecule has 0 amide bonds. The van der Waals surface area contributed by atoms with Crippen molar-refractivity contribution in [3.05, 3.63) is 60.2 Å². The molecule has 2 aromatic rings. The van der Waals surface area contributed by atoms with Crippen molar-refractivity contribution in [3.8, 4) is 5.75 Å². The van der Waals surface area contributed by atoms with Gasteiger partial charge in [0.15, 0.2) is 0 Å². The first-order valence-corrected chi connectivity index (χ1v) is 10.1. The smallest absolute Gasteiger partial charge is 0.232 e. The van der Waals surface area contributed by atoms with E-state index in [1.54, 1.807) is 12.1 Å². The van der Waals surface area contributed by atoms with E-state index in [1.165, 1.54) is 10.6 Å². The van der Waals surface area contributed by atoms with Gasteiger partial charge in [0, 0.05) is 12.1 Å². The molecule has 0 aliphatic carbocycles. The van der Waals surface area contributed by atoms with Gasteiger partial charge in [-0.05, 0) is 38.7 Å². The summed E-state index contributed by atoms with van der Waals surface area (Å²) < 4.78 is 31.8. The summed E-state index contributed by atoms with van der Waals surface area (Å²) >= 11 is 0. The third-order valence-corrected chi connectivity index (χ3v) is 4.88. The highest BCUT2D eigenvalue weighted by Gasteiger charge is 2.19. The quantitative estimate of drug-likeness (QED) is 0.644. The number of hydrogen-bond acceptors (Lipinski definition) is 4. The lowest BCUT2D eigenvalue weighted by Gasteiger charge is -2.23. The van der Waals surface area contributed by atoms with Gasteiger partial charge in [0.25, 0.3) is 0 Å². The normalized spacial score (nSPS) is 11.5. The number of nitrogens with zero attached hydrogens (tertiary/aromatic N) is 2. The zero-order valence-electron chi connectivity index (χ0n) is 15.1. The van der Waals surface area contributed by atoms with Crippen LogP contribution >= 0.6 is 0 Å². The molecular weight excluding hydrogens is 336 g/mol. The minimum absolute atomic E-state index is 0.243. The van der Waals surface area contributed by atoms with Crippen LogP contribution in [0.5, 0.6) is 5.75 Å². The molecule has 0 saturated heterocycles. The minimum Gasteiger partial charge on any atom is -0.493 e. The first kappa shape index (κ1) is 19.3. The Labute approximate surface area is 150 Å². The van der Waals surface area contributed by atoms with Crippen molar-refractivity contribution >= 4 is 15.7 Å². The summed E-state index contributed by atoms with van der Waals surface area (Å²) in [6.07, 6.45) is 2.14. The molecule has 0 aliphatic heterocycles. The average molecular weight is 362 g/mol. The van der Waals surface area contributed by atoms with Gasteiger partial charge in [0.05, 0.1) is 25.1 Å². The van der Waals surface area contributed by atoms with E-state index in [0.29, 0.717) is 12.3 Å². The van der Waals surface area contributed by atoms with Crippen molar-refractivity contribution in [3.63, 3.8) is 0 Å². The van der Waals surface area contributed by atoms with Crippen LogP contribution in [-0.2, 0) is 16.6 Å². The maximum absolute atomic E-state index is 12.3. The van der Waals surface area contributed by atoms with Gasteiger partial charge < -0.3 is 9.64 Å². The van der Waals surface area contributed by atoms with E-state index in [4.69, 9.17) is 4.74 Å². The standard InChI is InChI=1S/C19H26N2O3S/c1-20(2)14-9-15-24-19-13-8-7-10-17(19)16-21(25(3,22)23)18-11-5-4-6-12-18/h4-8,10-13H,9,14-16H2,1-3H3. The largest absolute Gasteiger partial charge is 0.493 e. The fraction of sp³-hybridized carbons (Fsp3) is 0.368. The predicted octanol–water partition coefficient (Wildman–Crippen LogP) is 2.98. The van der Waals surface area contributed by atoms with Crippen LogP contribution in [0.15, 0.2) is 54.6 Å². The van der Waals surface area contributed by atoms with E-state index in [9.17, 15) is 8.42 Å². The molecule has 2 aromatic carbocycles. The molecule has 2 rings (SSSR count). The molecule has 0 bridgehead atoms. The average Bonchev–Trinajstić information content (AvgIpc) is 2.57. The molecule has 136 valence electrons. The van der Waals surface area contributed by atoms with Gasteiger partial charge in [0.2, 0.25) is 10.0 Å². The number of ether oxygens (including phenoxy) is 1. The fourth-order valence-corrected chi connectivity index (χ4v) is 3.37. The Balaban J connectivity index is 2.17. The summed E-state index contributed by atoms with van der Waals surface area (Å²) in [6, 6.07) is 16.7. The number of benzene rings is 2. The number of anilines is 1. The zero-order valence-corrected chi connectivity index (χ0v) is 15.9. The Hall–Kier alpha value is -2.05. The van der Waals surface area contributed by atoms with Gasteiger partial charge in [-0.25, -0.2) is 8.42 Å². The number of hydrogen-bond donors (Lipinski definition) is 0. The van der Waals surface area contributed by atoms with Gasteiger partial charge >= 0.3 is 0 Å². The van der Waals surface area contributed by atoms with Crippen molar-refractivity contribution in [2.75, 3.05) is 37.8 Å². The van der Waals surface area contributed by atoms with Gasteiger partial charge in [-0.3, -0.25) is 4.31 Å². The first-order valence-electron chi connectivity index (χ1n) is 8.26. The Bertz CT molecular complexity index is 761. The number of para-hydroxylation sites is 2. The molecule has 6 heteroatoms. The number of rotatable bonds is 9. The molecule has 0 atom stereocenters. The highest BCUT2D eigenvalue weighted by molar-refractivity contribution is 7.92. The number of sulfonamides is 1. The molecule has 0 radical (unpaired) electrons. The third kappa shape index (κ3) is 6.07. The highest BCUT2D eigenvalue weighted by atomic mass is 32.2. The topological polar surface area (TPSA) is 49.9 Å². The molecule has 0 spiro atoms. The van der Waals surface area contributed by atoms with Crippen molar-refractivity contribution in [2.45, 2.75) is 13.0 Å². The van der Waals surface area contributed by atoms with Crippen molar-refractivity contribution in [1.29, 1.82) is 0 Å². The first-order chi connectivity index (χ1) is 11.9. The maximum atomic E-state index is 12.3. The Morgan fingerprint density at radius 3 is 2.24 bits per heavy atom. The molecule has 0 aliphatic rings. The third-order valence-electron chi connectivity index (χ3n) is 3.74. The van der Waals surface area contributed by atoms with Gasteiger partial charge in [-0.1, -0.05) is 36.4 Å². The molecule has 0 unspecified atom stereocenters. The molecule has 0 N–H and O–H groups in total. The molecule has 0 saturated carbocycles. The summed E-state index contributed by atoms with van der Waals surface area (Å²) in [5.41, 5.74) is 1.49. The Morgan fingerprint density at radius 2 is 1.60 bits per heavy atom. The van der Waals surface area contributed by atoms with Crippen LogP contribution in [0.3, 0.4) is 0 Å². The Kier molecular flexibility index (Phi) is 6.84. The van der Waals surface area contributed by atoms with Crippen LogP contribution < -0.4 is 9.04 Å². The van der Waals surface area contributed by atoms with Crippen LogP contribution in [0.2, 0.25) is 0 Å². The van der Waals surface area contributed by atoms with Crippen molar-refractivity contribution in [1.82, 2.24) is 4.90 Å². The second kappa shape index (κ2) is 8.87. The fourth-order valence-electron chi connectivity index (χ4n) is 2.49. The summed E-state index contributed by atoms with van der Waals surface area (Å²) in [7, 11) is 0.653. The molecule has 5 nitrogen and oxygen atoms in total. The zero-order chi connectivity index (χ0) is 18.3. The minimum atomic E-state index is -3.40. The molecular formula is C19H26N2O3S. The lowest BCUT2D eigenvalue weighted by Crippen LogP contribution is -2.29. The summed E-state index contributed by atoms with van der Waals surface area (Å²) in [6.45, 7) is 1.79. The molecule has 25 heavy (non-hydrogen) atoms. The van der Waals surface area contributed by atoms with E-state index >= 15 is 0 Å². The maximum Gasteiger partial charge on any atom is 0.232 e. The Morgan fingerprint density at radius 1 is 0.960 bits per heavy atom. The summed E-state index contributed by atoms with van der Waals surface area (Å²) in [5.74, 6) is 0.728. The van der Waals surface area contributed by atoms with Gasteiger partial charge in [0.1, 0.15) is 5.75 Å². The van der Waals surface area contributed by atoms with Gasteiger partial charge in [-0.15, -0.1) is 0 Å². The van der Waals surface area contributed by atoms with Crippen molar-refractivity contribution < 1.29 is 13.2 Å². The monoisotopic (exact) mass is 362 g/mol. The van der Waals surface area contributed by atoms with Crippen molar-refractivity contribution in [2.24, 2.45) is 0 Å². The molecule has 0 fully saturated rings. The van der Waals surface area contributed by atoms with Crippen LogP contribution in [0.25, 0.3) is 0 Å². The lowest BCUT2D eigenvalue weighted by molar-refractivity contribution is 0.279. The molecule has 0 aromatic heterocycles. The van der Waals surface area contributed by atoms with Gasteiger partial charge in [-0.2, -0.15) is 0 Å². The van der Waals surface area contributed by atoms with Crippen LogP contribution in [0.1, 0.15) is 12.0 Å². The van der Waals surface area contributed by atoms with Crippen LogP contribution in [-0.4, -0.2) is 46.8 Å². The van der Waals surface area contributed by atoms with E-state index in [1.807, 2.05) is 56.6 Å². The second-order valence-corrected chi connectivity index (χ2v) is 8.13. The predicted molar refractivity (Wildman–Crippen MR) is 103 cm³/mol. The molecule has 0 heterocycles. The van der Waals surface area contributed by atoms with E-state index in [-0.39, 0.29) is 6.54 Å². The SMILES string of the molecule is CN(C)CCCOc1ccccc1CN(c1ccccc1)S(C)(=O)=O. The van der Waals surface area contributed by atoms with E-state index < -0.39 is 10.0 Å². The van der Waals surface area contributed by atoms with Crippen LogP contribution in [0.4, 0.5) is 5.69 Å². The van der Waals surface area contributed by atoms with E-state index in [0.717, 1.165) is 24.3 Å². The second-order valence-electron chi connectivity index (χ2n) is 6.22. The summed E-state index contributed by atoms with van der Waals surface area (Å²) in [4.78, 5) is 2.11. The summed E-state index contributed by atoms with van der Waals surface area (Å²) in [5, 5.41) is 0. The van der Waals surface area contributed by atoms with E-state index in [2.05, 4.69) is 4.90 Å². The lowest BCUT2D eigenvalue weighted by atomic mass is 10.2. The highest BCUT2D eigenvalue weighted by Crippen LogP contribution is 2.25. The van der Waals surface area contributed by atoms with Crippen LogP contribution in [0, 0.1) is 0 Å².